The van der Waals surface area contributed by atoms with Crippen LogP contribution in [0.1, 0.15) is 25.0 Å². The van der Waals surface area contributed by atoms with Gasteiger partial charge in [-0.2, -0.15) is 13.2 Å². The molecule has 2 aromatic carbocycles. The first-order valence-electron chi connectivity index (χ1n) is 11.0. The third kappa shape index (κ3) is 4.82. The summed E-state index contributed by atoms with van der Waals surface area (Å²) in [6.07, 6.45) is -2.77. The third-order valence-corrected chi connectivity index (χ3v) is 5.70. The molecule has 4 aromatic rings. The summed E-state index contributed by atoms with van der Waals surface area (Å²) in [5.41, 5.74) is -0.0840. The van der Waals surface area contributed by atoms with Crippen LogP contribution in [0.2, 0.25) is 0 Å². The van der Waals surface area contributed by atoms with Gasteiger partial charge in [-0.15, -0.1) is 0 Å². The van der Waals surface area contributed by atoms with E-state index in [1.807, 2.05) is 13.8 Å². The smallest absolute Gasteiger partial charge is 0.416 e. The number of rotatable bonds is 6. The maximum absolute atomic E-state index is 13.2. The van der Waals surface area contributed by atoms with Gasteiger partial charge in [0.25, 0.3) is 5.56 Å². The Hall–Kier alpha value is -3.95. The maximum Gasteiger partial charge on any atom is 0.416 e. The van der Waals surface area contributed by atoms with Crippen molar-refractivity contribution in [1.82, 2.24) is 13.7 Å². The first-order chi connectivity index (χ1) is 16.5. The minimum Gasteiger partial charge on any atom is -0.508 e. The third-order valence-electron chi connectivity index (χ3n) is 5.70. The highest BCUT2D eigenvalue weighted by atomic mass is 19.4. The molecule has 0 fully saturated rings. The highest BCUT2D eigenvalue weighted by Gasteiger charge is 2.30. The normalized spacial score (nSPS) is 12.0. The number of phenols is 1. The van der Waals surface area contributed by atoms with Crippen molar-refractivity contribution >= 4 is 22.4 Å². The Labute approximate surface area is 198 Å². The predicted octanol–water partition coefficient (Wildman–Crippen LogP) is 4.67. The van der Waals surface area contributed by atoms with Crippen molar-refractivity contribution in [1.29, 1.82) is 0 Å². The van der Waals surface area contributed by atoms with E-state index in [4.69, 9.17) is 0 Å². The van der Waals surface area contributed by atoms with Gasteiger partial charge in [0.15, 0.2) is 0 Å². The number of phenolic OH excluding ortho intramolecular Hbond substituents is 1. The zero-order chi connectivity index (χ0) is 25.5. The predicted molar refractivity (Wildman–Crippen MR) is 128 cm³/mol. The molecule has 10 heteroatoms. The molecule has 2 N–H and O–H groups in total. The van der Waals surface area contributed by atoms with Crippen LogP contribution in [-0.2, 0) is 26.3 Å². The Morgan fingerprint density at radius 2 is 1.63 bits per heavy atom. The largest absolute Gasteiger partial charge is 0.508 e. The second-order valence-electron chi connectivity index (χ2n) is 8.88. The average molecular weight is 486 g/mol. The van der Waals surface area contributed by atoms with Crippen LogP contribution in [0.4, 0.5) is 24.7 Å². The van der Waals surface area contributed by atoms with Crippen LogP contribution in [0.25, 0.3) is 10.9 Å². The Bertz CT molecular complexity index is 1480. The van der Waals surface area contributed by atoms with Crippen molar-refractivity contribution in [3.05, 3.63) is 86.7 Å². The number of benzene rings is 2. The highest BCUT2D eigenvalue weighted by molar-refractivity contribution is 5.92. The monoisotopic (exact) mass is 486 g/mol. The molecule has 0 saturated heterocycles. The number of hydrogen-bond acceptors (Lipinski definition) is 4. The van der Waals surface area contributed by atoms with Crippen molar-refractivity contribution in [3.8, 4) is 5.75 Å². The minimum absolute atomic E-state index is 0.0715. The van der Waals surface area contributed by atoms with Crippen LogP contribution in [-0.4, -0.2) is 18.8 Å². The van der Waals surface area contributed by atoms with E-state index in [9.17, 15) is 27.9 Å². The SMILES string of the molecule is CC(C)Cn1c(=O)n(C)c(=O)c2c(Nc3ccc(O)cc3)n(Cc3ccc(C(F)(F)F)cc3)cc21. The fourth-order valence-corrected chi connectivity index (χ4v) is 3.97. The number of halogens is 3. The number of hydrogen-bond donors (Lipinski definition) is 2. The molecule has 2 aromatic heterocycles. The van der Waals surface area contributed by atoms with E-state index in [1.54, 1.807) is 22.9 Å². The molecule has 0 bridgehead atoms. The molecule has 0 amide bonds. The molecule has 0 aliphatic heterocycles. The Kier molecular flexibility index (Phi) is 6.23. The van der Waals surface area contributed by atoms with Crippen molar-refractivity contribution in [2.75, 3.05) is 5.32 Å². The number of fused-ring (bicyclic) bond motifs is 1. The van der Waals surface area contributed by atoms with E-state index in [0.717, 1.165) is 16.7 Å². The van der Waals surface area contributed by atoms with E-state index < -0.39 is 23.0 Å². The zero-order valence-electron chi connectivity index (χ0n) is 19.4. The van der Waals surface area contributed by atoms with E-state index in [-0.39, 0.29) is 23.6 Å². The van der Waals surface area contributed by atoms with Gasteiger partial charge in [-0.05, 0) is 47.9 Å². The van der Waals surface area contributed by atoms with Crippen molar-refractivity contribution < 1.29 is 18.3 Å². The number of aromatic nitrogens is 3. The molecule has 4 rings (SSSR count). The second kappa shape index (κ2) is 9.01. The van der Waals surface area contributed by atoms with Gasteiger partial charge in [-0.1, -0.05) is 26.0 Å². The summed E-state index contributed by atoms with van der Waals surface area (Å²) in [6, 6.07) is 11.0. The van der Waals surface area contributed by atoms with Crippen LogP contribution >= 0.6 is 0 Å². The van der Waals surface area contributed by atoms with Crippen molar-refractivity contribution in [2.24, 2.45) is 13.0 Å². The molecule has 0 aliphatic rings. The Balaban J connectivity index is 1.90. The fourth-order valence-electron chi connectivity index (χ4n) is 3.97. The zero-order valence-corrected chi connectivity index (χ0v) is 19.4. The summed E-state index contributed by atoms with van der Waals surface area (Å²) >= 11 is 0. The summed E-state index contributed by atoms with van der Waals surface area (Å²) in [7, 11) is 1.42. The number of alkyl halides is 3. The van der Waals surface area contributed by atoms with Crippen LogP contribution < -0.4 is 16.6 Å². The van der Waals surface area contributed by atoms with Crippen LogP contribution in [0.3, 0.4) is 0 Å². The standard InChI is InChI=1S/C25H25F3N4O3/c1-15(2)12-32-20-14-31(13-16-4-6-17(7-5-16)25(26,27)28)22(21(20)23(34)30(3)24(32)35)29-18-8-10-19(33)11-9-18/h4-11,14-15,29,33H,12-13H2,1-3H3. The lowest BCUT2D eigenvalue weighted by Gasteiger charge is -2.14. The Morgan fingerprint density at radius 3 is 2.20 bits per heavy atom. The van der Waals surface area contributed by atoms with Crippen molar-refractivity contribution in [2.45, 2.75) is 33.1 Å². The molecule has 0 saturated carbocycles. The number of nitrogens with zero attached hydrogens (tertiary/aromatic N) is 3. The summed E-state index contributed by atoms with van der Waals surface area (Å²) < 4.78 is 43.3. The molecule has 7 nitrogen and oxygen atoms in total. The van der Waals surface area contributed by atoms with E-state index in [2.05, 4.69) is 5.32 Å². The van der Waals surface area contributed by atoms with Gasteiger partial charge in [-0.25, -0.2) is 4.79 Å². The summed E-state index contributed by atoms with van der Waals surface area (Å²) in [6.45, 7) is 4.45. The van der Waals surface area contributed by atoms with Gasteiger partial charge in [0.05, 0.1) is 11.1 Å². The topological polar surface area (TPSA) is 81.2 Å². The van der Waals surface area contributed by atoms with Gasteiger partial charge in [0.2, 0.25) is 0 Å². The van der Waals surface area contributed by atoms with Crippen molar-refractivity contribution in [3.63, 3.8) is 0 Å². The molecular formula is C25H25F3N4O3. The molecule has 184 valence electrons. The van der Waals surface area contributed by atoms with Crippen LogP contribution in [0, 0.1) is 5.92 Å². The molecule has 0 unspecified atom stereocenters. The van der Waals surface area contributed by atoms with E-state index >= 15 is 0 Å². The summed E-state index contributed by atoms with van der Waals surface area (Å²) in [4.78, 5) is 26.1. The lowest BCUT2D eigenvalue weighted by Crippen LogP contribution is -2.38. The number of nitrogens with one attached hydrogen (secondary N) is 1. The molecule has 0 radical (unpaired) electrons. The first-order valence-corrected chi connectivity index (χ1v) is 11.0. The average Bonchev–Trinajstić information content (AvgIpc) is 3.14. The fraction of sp³-hybridized carbons (Fsp3) is 0.280. The lowest BCUT2D eigenvalue weighted by atomic mass is 10.1. The molecular weight excluding hydrogens is 461 g/mol. The summed E-state index contributed by atoms with van der Waals surface area (Å²) in [5.74, 6) is 0.589. The lowest BCUT2D eigenvalue weighted by molar-refractivity contribution is -0.137. The van der Waals surface area contributed by atoms with E-state index in [0.29, 0.717) is 29.1 Å². The molecule has 35 heavy (non-hydrogen) atoms. The number of anilines is 2. The van der Waals surface area contributed by atoms with E-state index in [1.165, 1.54) is 35.9 Å². The molecule has 2 heterocycles. The van der Waals surface area contributed by atoms with Gasteiger partial charge >= 0.3 is 11.9 Å². The van der Waals surface area contributed by atoms with Gasteiger partial charge < -0.3 is 15.0 Å². The minimum atomic E-state index is -4.44. The molecule has 0 atom stereocenters. The quantitative estimate of drug-likeness (QED) is 0.388. The van der Waals surface area contributed by atoms with Gasteiger partial charge in [0, 0.05) is 32.0 Å². The van der Waals surface area contributed by atoms with Crippen LogP contribution in [0.5, 0.6) is 5.75 Å². The molecule has 0 aliphatic carbocycles. The molecule has 0 spiro atoms. The van der Waals surface area contributed by atoms with Crippen LogP contribution in [0.15, 0.2) is 64.3 Å². The second-order valence-corrected chi connectivity index (χ2v) is 8.88. The highest BCUT2D eigenvalue weighted by Crippen LogP contribution is 2.31. The number of aromatic hydroxyl groups is 1. The maximum atomic E-state index is 13.2. The van der Waals surface area contributed by atoms with Gasteiger partial charge in [0.1, 0.15) is 17.0 Å². The van der Waals surface area contributed by atoms with Gasteiger partial charge in [-0.3, -0.25) is 13.9 Å². The first kappa shape index (κ1) is 24.2. The Morgan fingerprint density at radius 1 is 1.00 bits per heavy atom. The summed E-state index contributed by atoms with van der Waals surface area (Å²) in [5, 5.41) is 13.1.